The molecule has 4 nitrogen and oxygen atoms in total. The third kappa shape index (κ3) is 2.20. The Kier molecular flexibility index (Phi) is 3.19. The van der Waals surface area contributed by atoms with Crippen LogP contribution in [0.1, 0.15) is 18.0 Å². The number of rotatable bonds is 3. The van der Waals surface area contributed by atoms with Gasteiger partial charge in [0.05, 0.1) is 7.11 Å². The number of hydrogen-bond donors (Lipinski definition) is 1. The molecule has 2 aliphatic heterocycles. The number of aliphatic imine (C=N–C) groups is 1. The molecule has 0 spiro atoms. The predicted octanol–water partition coefficient (Wildman–Crippen LogP) is 1.77. The zero-order valence-corrected chi connectivity index (χ0v) is 10.6. The van der Waals surface area contributed by atoms with E-state index in [1.54, 1.807) is 7.11 Å². The van der Waals surface area contributed by atoms with Crippen molar-refractivity contribution in [2.75, 3.05) is 26.8 Å². The first-order valence-corrected chi connectivity index (χ1v) is 6.42. The van der Waals surface area contributed by atoms with Crippen LogP contribution in [0, 0.1) is 5.92 Å². The molecule has 0 radical (unpaired) electrons. The average Bonchev–Trinajstić information content (AvgIpc) is 3.09. The fraction of sp³-hybridized carbons (Fsp3) is 0.500. The van der Waals surface area contributed by atoms with Crippen LogP contribution in [0.25, 0.3) is 0 Å². The normalized spacial score (nSPS) is 26.8. The minimum absolute atomic E-state index is 0.145. The van der Waals surface area contributed by atoms with Crippen molar-refractivity contribution in [1.29, 1.82) is 0 Å². The van der Waals surface area contributed by atoms with E-state index in [1.165, 1.54) is 5.56 Å². The number of ether oxygens (including phenoxy) is 2. The number of benzene rings is 1. The summed E-state index contributed by atoms with van der Waals surface area (Å²) in [4.78, 5) is 4.71. The Morgan fingerprint density at radius 2 is 2.17 bits per heavy atom. The van der Waals surface area contributed by atoms with Crippen LogP contribution < -0.4 is 10.1 Å². The lowest BCUT2D eigenvalue weighted by molar-refractivity contribution is 0.301. The molecule has 2 unspecified atom stereocenters. The minimum atomic E-state index is 0.145. The predicted molar refractivity (Wildman–Crippen MR) is 70.1 cm³/mol. The Bertz CT molecular complexity index is 436. The Hall–Kier alpha value is -1.55. The van der Waals surface area contributed by atoms with Gasteiger partial charge in [-0.2, -0.15) is 0 Å². The summed E-state index contributed by atoms with van der Waals surface area (Å²) < 4.78 is 10.9. The molecule has 2 atom stereocenters. The molecular weight excluding hydrogens is 228 g/mol. The van der Waals surface area contributed by atoms with Crippen LogP contribution in [0.15, 0.2) is 29.3 Å². The van der Waals surface area contributed by atoms with Gasteiger partial charge < -0.3 is 14.8 Å². The minimum Gasteiger partial charge on any atom is -0.497 e. The molecule has 2 aliphatic rings. The second-order valence-electron chi connectivity index (χ2n) is 4.76. The van der Waals surface area contributed by atoms with Crippen molar-refractivity contribution >= 4 is 5.90 Å². The first kappa shape index (κ1) is 11.5. The molecule has 3 rings (SSSR count). The van der Waals surface area contributed by atoms with Gasteiger partial charge in [-0.1, -0.05) is 12.1 Å². The van der Waals surface area contributed by atoms with E-state index in [0.717, 1.165) is 31.2 Å². The molecule has 18 heavy (non-hydrogen) atoms. The summed E-state index contributed by atoms with van der Waals surface area (Å²) >= 11 is 0. The average molecular weight is 246 g/mol. The summed E-state index contributed by atoms with van der Waals surface area (Å²) in [6.45, 7) is 2.73. The molecule has 1 aromatic rings. The van der Waals surface area contributed by atoms with E-state index < -0.39 is 0 Å². The highest BCUT2D eigenvalue weighted by atomic mass is 16.5. The van der Waals surface area contributed by atoms with Gasteiger partial charge in [0, 0.05) is 12.5 Å². The van der Waals surface area contributed by atoms with Crippen LogP contribution in [0.2, 0.25) is 0 Å². The molecule has 1 saturated heterocycles. The highest BCUT2D eigenvalue weighted by Gasteiger charge is 2.28. The van der Waals surface area contributed by atoms with Crippen LogP contribution >= 0.6 is 0 Å². The van der Waals surface area contributed by atoms with Crippen LogP contribution in [-0.2, 0) is 4.74 Å². The van der Waals surface area contributed by atoms with Gasteiger partial charge in [0.15, 0.2) is 5.90 Å². The van der Waals surface area contributed by atoms with E-state index in [1.807, 2.05) is 12.1 Å². The summed E-state index contributed by atoms with van der Waals surface area (Å²) in [6.07, 6.45) is 1.13. The maximum Gasteiger partial charge on any atom is 0.188 e. The van der Waals surface area contributed by atoms with Gasteiger partial charge in [-0.3, -0.25) is 0 Å². The van der Waals surface area contributed by atoms with Crippen LogP contribution in [0.3, 0.4) is 0 Å². The fourth-order valence-corrected chi connectivity index (χ4v) is 2.48. The Balaban J connectivity index is 1.73. The van der Waals surface area contributed by atoms with E-state index in [9.17, 15) is 0 Å². The molecule has 1 aromatic carbocycles. The lowest BCUT2D eigenvalue weighted by Crippen LogP contribution is -2.17. The van der Waals surface area contributed by atoms with Crippen LogP contribution in [-0.4, -0.2) is 32.7 Å². The molecule has 0 amide bonds. The Labute approximate surface area is 107 Å². The van der Waals surface area contributed by atoms with Crippen molar-refractivity contribution in [1.82, 2.24) is 5.32 Å². The van der Waals surface area contributed by atoms with E-state index in [4.69, 9.17) is 14.5 Å². The van der Waals surface area contributed by atoms with Gasteiger partial charge in [0.2, 0.25) is 0 Å². The molecule has 0 saturated carbocycles. The van der Waals surface area contributed by atoms with Gasteiger partial charge in [0.25, 0.3) is 0 Å². The molecule has 0 aromatic heterocycles. The number of methoxy groups -OCH3 is 1. The summed E-state index contributed by atoms with van der Waals surface area (Å²) in [7, 11) is 1.68. The third-order valence-electron chi connectivity index (χ3n) is 3.58. The van der Waals surface area contributed by atoms with Crippen molar-refractivity contribution in [3.63, 3.8) is 0 Å². The quantitative estimate of drug-likeness (QED) is 0.884. The third-order valence-corrected chi connectivity index (χ3v) is 3.58. The first-order valence-electron chi connectivity index (χ1n) is 6.42. The molecular formula is C14H18N2O2. The van der Waals surface area contributed by atoms with Gasteiger partial charge in [-0.15, -0.1) is 0 Å². The molecule has 2 heterocycles. The summed E-state index contributed by atoms with van der Waals surface area (Å²) in [6, 6.07) is 8.21. The molecule has 4 heteroatoms. The Morgan fingerprint density at radius 3 is 2.83 bits per heavy atom. The second-order valence-corrected chi connectivity index (χ2v) is 4.76. The fourth-order valence-electron chi connectivity index (χ4n) is 2.48. The van der Waals surface area contributed by atoms with Crippen molar-refractivity contribution in [3.05, 3.63) is 29.8 Å². The summed E-state index contributed by atoms with van der Waals surface area (Å²) in [5.74, 6) is 2.27. The zero-order valence-electron chi connectivity index (χ0n) is 10.6. The van der Waals surface area contributed by atoms with E-state index in [0.29, 0.717) is 12.5 Å². The van der Waals surface area contributed by atoms with E-state index >= 15 is 0 Å². The van der Waals surface area contributed by atoms with Gasteiger partial charge in [0.1, 0.15) is 18.4 Å². The van der Waals surface area contributed by atoms with Crippen molar-refractivity contribution in [2.24, 2.45) is 10.9 Å². The van der Waals surface area contributed by atoms with Crippen LogP contribution in [0.5, 0.6) is 5.75 Å². The largest absolute Gasteiger partial charge is 0.497 e. The first-order chi connectivity index (χ1) is 8.86. The number of nitrogens with zero attached hydrogens (tertiary/aromatic N) is 1. The highest BCUT2D eigenvalue weighted by Crippen LogP contribution is 2.27. The van der Waals surface area contributed by atoms with Crippen LogP contribution in [0.4, 0.5) is 0 Å². The van der Waals surface area contributed by atoms with Gasteiger partial charge in [-0.05, 0) is 30.7 Å². The maximum absolute atomic E-state index is 5.74. The maximum atomic E-state index is 5.74. The van der Waals surface area contributed by atoms with Gasteiger partial charge in [-0.25, -0.2) is 4.99 Å². The molecule has 96 valence electrons. The topological polar surface area (TPSA) is 42.9 Å². The lowest BCUT2D eigenvalue weighted by Gasteiger charge is -2.06. The monoisotopic (exact) mass is 246 g/mol. The Morgan fingerprint density at radius 1 is 1.33 bits per heavy atom. The molecule has 0 aliphatic carbocycles. The van der Waals surface area contributed by atoms with Crippen molar-refractivity contribution in [2.45, 2.75) is 12.5 Å². The zero-order chi connectivity index (χ0) is 12.4. The SMILES string of the molecule is COc1ccc(C2COC(C3CCNC3)=N2)cc1. The van der Waals surface area contributed by atoms with Crippen molar-refractivity contribution in [3.8, 4) is 5.75 Å². The highest BCUT2D eigenvalue weighted by molar-refractivity contribution is 5.81. The second kappa shape index (κ2) is 4.98. The summed E-state index contributed by atoms with van der Waals surface area (Å²) in [5, 5.41) is 3.34. The molecule has 0 bridgehead atoms. The van der Waals surface area contributed by atoms with E-state index in [-0.39, 0.29) is 6.04 Å². The molecule has 1 N–H and O–H groups in total. The smallest absolute Gasteiger partial charge is 0.188 e. The lowest BCUT2D eigenvalue weighted by atomic mass is 10.1. The summed E-state index contributed by atoms with van der Waals surface area (Å²) in [5.41, 5.74) is 1.19. The molecule has 1 fully saturated rings. The number of hydrogen-bond acceptors (Lipinski definition) is 4. The standard InChI is InChI=1S/C14H18N2O2/c1-17-12-4-2-10(3-5-12)13-9-18-14(16-13)11-6-7-15-8-11/h2-5,11,13,15H,6-9H2,1H3. The van der Waals surface area contributed by atoms with E-state index in [2.05, 4.69) is 17.4 Å². The van der Waals surface area contributed by atoms with Gasteiger partial charge >= 0.3 is 0 Å². The number of nitrogens with one attached hydrogen (secondary N) is 1. The van der Waals surface area contributed by atoms with Crippen molar-refractivity contribution < 1.29 is 9.47 Å².